The van der Waals surface area contributed by atoms with Gasteiger partial charge >= 0.3 is 0 Å². The average molecular weight is 385 g/mol. The van der Waals surface area contributed by atoms with Crippen LogP contribution >= 0.6 is 47.8 Å². The van der Waals surface area contributed by atoms with Crippen molar-refractivity contribution in [1.82, 2.24) is 0 Å². The van der Waals surface area contributed by atoms with Crippen molar-refractivity contribution < 1.29 is 0 Å². The molecule has 0 bridgehead atoms. The van der Waals surface area contributed by atoms with E-state index in [1.165, 1.54) is 0 Å². The first-order valence-corrected chi connectivity index (χ1v) is 6.22. The molecule has 0 atom stereocenters. The van der Waals surface area contributed by atoms with Gasteiger partial charge in [-0.3, -0.25) is 0 Å². The number of nitrogens with one attached hydrogen (secondary N) is 1. The SMILES string of the molecule is CC(Br)=CNc1ccc(N)c(Br)c1Br. The molecule has 1 aromatic carbocycles. The lowest BCUT2D eigenvalue weighted by Crippen LogP contribution is -1.93. The lowest BCUT2D eigenvalue weighted by atomic mass is 10.3. The first kappa shape index (κ1) is 12.1. The monoisotopic (exact) mass is 382 g/mol. The molecule has 0 unspecified atom stereocenters. The number of benzene rings is 1. The Morgan fingerprint density at radius 2 is 2.00 bits per heavy atom. The molecule has 0 fully saturated rings. The van der Waals surface area contributed by atoms with Crippen molar-refractivity contribution in [2.75, 3.05) is 11.1 Å². The van der Waals surface area contributed by atoms with Gasteiger partial charge in [0.25, 0.3) is 0 Å². The standard InChI is InChI=1S/C9H9Br3N2/c1-5(10)4-14-7-3-2-6(13)8(11)9(7)12/h2-4,14H,13H2,1H3. The maximum Gasteiger partial charge on any atom is 0.0573 e. The molecule has 14 heavy (non-hydrogen) atoms. The van der Waals surface area contributed by atoms with E-state index in [2.05, 4.69) is 53.1 Å². The number of anilines is 2. The van der Waals surface area contributed by atoms with Gasteiger partial charge in [-0.05, 0) is 50.9 Å². The van der Waals surface area contributed by atoms with E-state index in [-0.39, 0.29) is 0 Å². The zero-order valence-electron chi connectivity index (χ0n) is 7.44. The molecule has 76 valence electrons. The Balaban J connectivity index is 3.00. The fourth-order valence-electron chi connectivity index (χ4n) is 0.853. The van der Waals surface area contributed by atoms with Gasteiger partial charge in [-0.15, -0.1) is 0 Å². The summed E-state index contributed by atoms with van der Waals surface area (Å²) in [5, 5.41) is 3.14. The summed E-state index contributed by atoms with van der Waals surface area (Å²) in [5.74, 6) is 0. The van der Waals surface area contributed by atoms with Crippen LogP contribution in [0.3, 0.4) is 0 Å². The van der Waals surface area contributed by atoms with Crippen molar-refractivity contribution in [3.8, 4) is 0 Å². The highest BCUT2D eigenvalue weighted by Gasteiger charge is 2.05. The van der Waals surface area contributed by atoms with Gasteiger partial charge < -0.3 is 11.1 Å². The van der Waals surface area contributed by atoms with Crippen LogP contribution in [0.1, 0.15) is 6.92 Å². The molecule has 0 aliphatic heterocycles. The van der Waals surface area contributed by atoms with E-state index in [9.17, 15) is 0 Å². The molecule has 0 spiro atoms. The van der Waals surface area contributed by atoms with Gasteiger partial charge in [-0.2, -0.15) is 0 Å². The molecule has 0 amide bonds. The number of allylic oxidation sites excluding steroid dienone is 1. The molecule has 1 rings (SSSR count). The maximum atomic E-state index is 5.72. The predicted octanol–water partition coefficient (Wildman–Crippen LogP) is 4.46. The topological polar surface area (TPSA) is 38.0 Å². The zero-order chi connectivity index (χ0) is 10.7. The third-order valence-electron chi connectivity index (χ3n) is 1.54. The normalized spacial score (nSPS) is 11.6. The first-order valence-electron chi connectivity index (χ1n) is 3.84. The van der Waals surface area contributed by atoms with Crippen molar-refractivity contribution in [3.05, 3.63) is 31.8 Å². The highest BCUT2D eigenvalue weighted by molar-refractivity contribution is 9.13. The van der Waals surface area contributed by atoms with Crippen LogP contribution in [0, 0.1) is 0 Å². The van der Waals surface area contributed by atoms with Crippen molar-refractivity contribution in [2.24, 2.45) is 0 Å². The number of hydrogen-bond acceptors (Lipinski definition) is 2. The quantitative estimate of drug-likeness (QED) is 0.739. The smallest absolute Gasteiger partial charge is 0.0573 e. The maximum absolute atomic E-state index is 5.72. The van der Waals surface area contributed by atoms with Crippen LogP contribution < -0.4 is 11.1 Å². The van der Waals surface area contributed by atoms with E-state index in [0.717, 1.165) is 19.1 Å². The Labute approximate surface area is 108 Å². The summed E-state index contributed by atoms with van der Waals surface area (Å²) in [6.45, 7) is 1.95. The van der Waals surface area contributed by atoms with Crippen LogP contribution in [0.5, 0.6) is 0 Å². The molecule has 3 N–H and O–H groups in total. The second kappa shape index (κ2) is 5.19. The minimum atomic E-state index is 0.710. The number of hydrogen-bond donors (Lipinski definition) is 2. The Morgan fingerprint density at radius 3 is 2.57 bits per heavy atom. The van der Waals surface area contributed by atoms with Crippen LogP contribution in [-0.4, -0.2) is 0 Å². The molecular formula is C9H9Br3N2. The van der Waals surface area contributed by atoms with E-state index in [1.807, 2.05) is 25.3 Å². The minimum absolute atomic E-state index is 0.710. The Morgan fingerprint density at radius 1 is 1.36 bits per heavy atom. The fourth-order valence-corrected chi connectivity index (χ4v) is 1.79. The Hall–Kier alpha value is 0. The summed E-state index contributed by atoms with van der Waals surface area (Å²) in [6, 6.07) is 3.76. The van der Waals surface area contributed by atoms with Crippen molar-refractivity contribution in [1.29, 1.82) is 0 Å². The second-order valence-corrected chi connectivity index (χ2v) is 5.54. The lowest BCUT2D eigenvalue weighted by molar-refractivity contribution is 1.49. The van der Waals surface area contributed by atoms with E-state index >= 15 is 0 Å². The summed E-state index contributed by atoms with van der Waals surface area (Å²) in [7, 11) is 0. The molecule has 0 aliphatic carbocycles. The van der Waals surface area contributed by atoms with Gasteiger partial charge in [0, 0.05) is 16.4 Å². The molecule has 0 aromatic heterocycles. The molecule has 2 nitrogen and oxygen atoms in total. The number of halogens is 3. The predicted molar refractivity (Wildman–Crippen MR) is 72.6 cm³/mol. The molecule has 0 saturated carbocycles. The number of nitrogen functional groups attached to an aromatic ring is 1. The summed E-state index contributed by atoms with van der Waals surface area (Å²) in [5.41, 5.74) is 7.39. The van der Waals surface area contributed by atoms with E-state index < -0.39 is 0 Å². The Bertz CT molecular complexity index is 371. The lowest BCUT2D eigenvalue weighted by Gasteiger charge is -2.08. The van der Waals surface area contributed by atoms with E-state index in [4.69, 9.17) is 5.73 Å². The van der Waals surface area contributed by atoms with Gasteiger partial charge in [0.2, 0.25) is 0 Å². The minimum Gasteiger partial charge on any atom is -0.398 e. The van der Waals surface area contributed by atoms with Gasteiger partial charge in [0.15, 0.2) is 0 Å². The molecule has 0 saturated heterocycles. The Kier molecular flexibility index (Phi) is 4.47. The van der Waals surface area contributed by atoms with Crippen LogP contribution in [0.4, 0.5) is 11.4 Å². The molecular weight excluding hydrogens is 376 g/mol. The molecule has 0 radical (unpaired) electrons. The van der Waals surface area contributed by atoms with Crippen LogP contribution in [0.25, 0.3) is 0 Å². The molecule has 5 heteroatoms. The summed E-state index contributed by atoms with van der Waals surface area (Å²) in [6.07, 6.45) is 1.86. The van der Waals surface area contributed by atoms with Crippen LogP contribution in [0.15, 0.2) is 31.8 Å². The third-order valence-corrected chi connectivity index (χ3v) is 3.98. The molecule has 0 aliphatic rings. The van der Waals surface area contributed by atoms with Crippen LogP contribution in [-0.2, 0) is 0 Å². The zero-order valence-corrected chi connectivity index (χ0v) is 12.2. The van der Waals surface area contributed by atoms with E-state index in [1.54, 1.807) is 0 Å². The van der Waals surface area contributed by atoms with E-state index in [0.29, 0.717) is 5.69 Å². The van der Waals surface area contributed by atoms with Crippen LogP contribution in [0.2, 0.25) is 0 Å². The van der Waals surface area contributed by atoms with Gasteiger partial charge in [-0.25, -0.2) is 0 Å². The summed E-state index contributed by atoms with van der Waals surface area (Å²) < 4.78 is 2.81. The van der Waals surface area contributed by atoms with Gasteiger partial charge in [-0.1, -0.05) is 15.9 Å². The molecule has 1 aromatic rings. The highest BCUT2D eigenvalue weighted by atomic mass is 79.9. The van der Waals surface area contributed by atoms with Crippen molar-refractivity contribution in [3.63, 3.8) is 0 Å². The van der Waals surface area contributed by atoms with Crippen molar-refractivity contribution in [2.45, 2.75) is 6.92 Å². The first-order chi connectivity index (χ1) is 6.52. The van der Waals surface area contributed by atoms with Crippen molar-refractivity contribution >= 4 is 59.2 Å². The van der Waals surface area contributed by atoms with Gasteiger partial charge in [0.05, 0.1) is 14.6 Å². The molecule has 0 heterocycles. The summed E-state index contributed by atoms with van der Waals surface area (Å²) >= 11 is 10.2. The largest absolute Gasteiger partial charge is 0.398 e. The second-order valence-electron chi connectivity index (χ2n) is 2.71. The number of nitrogens with two attached hydrogens (primary N) is 1. The number of rotatable bonds is 2. The summed E-state index contributed by atoms with van der Waals surface area (Å²) in [4.78, 5) is 0. The highest BCUT2D eigenvalue weighted by Crippen LogP contribution is 2.35. The third kappa shape index (κ3) is 3.00. The van der Waals surface area contributed by atoms with Gasteiger partial charge in [0.1, 0.15) is 0 Å². The average Bonchev–Trinajstić information content (AvgIpc) is 2.13. The fraction of sp³-hybridized carbons (Fsp3) is 0.111.